The first-order valence-corrected chi connectivity index (χ1v) is 10.4. The number of hydrogen-bond donors (Lipinski definition) is 1. The van der Waals surface area contributed by atoms with E-state index in [1.54, 1.807) is 17.0 Å². The lowest BCUT2D eigenvalue weighted by molar-refractivity contribution is -0.144. The van der Waals surface area contributed by atoms with Gasteiger partial charge < -0.3 is 15.0 Å². The molecule has 0 saturated heterocycles. The minimum Gasteiger partial charge on any atom is -0.382 e. The maximum atomic E-state index is 13.3. The molecule has 30 heavy (non-hydrogen) atoms. The summed E-state index contributed by atoms with van der Waals surface area (Å²) in [6, 6.07) is 14.5. The summed E-state index contributed by atoms with van der Waals surface area (Å²) >= 11 is 0. The molecule has 0 bridgehead atoms. The number of halogens is 1. The molecule has 2 aromatic carbocycles. The third-order valence-corrected chi connectivity index (χ3v) is 4.69. The summed E-state index contributed by atoms with van der Waals surface area (Å²) in [5.74, 6) is -1.01. The van der Waals surface area contributed by atoms with Gasteiger partial charge in [-0.05, 0) is 36.6 Å². The fourth-order valence-corrected chi connectivity index (χ4v) is 3.15. The van der Waals surface area contributed by atoms with Gasteiger partial charge in [-0.3, -0.25) is 9.59 Å². The van der Waals surface area contributed by atoms with Gasteiger partial charge in [0.1, 0.15) is 11.9 Å². The first-order chi connectivity index (χ1) is 14.4. The third kappa shape index (κ3) is 6.95. The summed E-state index contributed by atoms with van der Waals surface area (Å²) in [5, 5.41) is 2.94. The average molecular weight is 415 g/mol. The first kappa shape index (κ1) is 23.5. The molecule has 0 fully saturated rings. The van der Waals surface area contributed by atoms with Crippen LogP contribution in [0.5, 0.6) is 0 Å². The smallest absolute Gasteiger partial charge is 0.247 e. The van der Waals surface area contributed by atoms with Gasteiger partial charge in [0.15, 0.2) is 0 Å². The Balaban J connectivity index is 2.30. The summed E-state index contributed by atoms with van der Waals surface area (Å²) in [5.41, 5.74) is 1.49. The van der Waals surface area contributed by atoms with E-state index < -0.39 is 6.04 Å². The lowest BCUT2D eigenvalue weighted by Crippen LogP contribution is -2.45. The van der Waals surface area contributed by atoms with E-state index in [0.29, 0.717) is 26.2 Å². The van der Waals surface area contributed by atoms with E-state index >= 15 is 0 Å². The van der Waals surface area contributed by atoms with E-state index in [2.05, 4.69) is 5.32 Å². The van der Waals surface area contributed by atoms with Crippen LogP contribution in [-0.4, -0.2) is 36.5 Å². The zero-order chi connectivity index (χ0) is 21.9. The number of ether oxygens (including phenoxy) is 1. The SMILES string of the molecule is CCOCCCNC(=O)[C@@H](c1ccccc1)N(Cc1ccc(F)cc1)C(=O)C(C)C. The van der Waals surface area contributed by atoms with Gasteiger partial charge in [-0.2, -0.15) is 0 Å². The monoisotopic (exact) mass is 414 g/mol. The Morgan fingerprint density at radius 3 is 2.33 bits per heavy atom. The van der Waals surface area contributed by atoms with Crippen molar-refractivity contribution in [1.29, 1.82) is 0 Å². The van der Waals surface area contributed by atoms with E-state index in [9.17, 15) is 14.0 Å². The molecule has 0 saturated carbocycles. The van der Waals surface area contributed by atoms with Crippen LogP contribution >= 0.6 is 0 Å². The number of hydrogen-bond acceptors (Lipinski definition) is 3. The van der Waals surface area contributed by atoms with E-state index in [-0.39, 0.29) is 30.1 Å². The van der Waals surface area contributed by atoms with Gasteiger partial charge in [-0.1, -0.05) is 56.3 Å². The molecule has 0 aromatic heterocycles. The standard InChI is InChI=1S/C24H31FN2O3/c1-4-30-16-8-15-26-23(28)22(20-9-6-5-7-10-20)27(24(29)18(2)3)17-19-11-13-21(25)14-12-19/h5-7,9-14,18,22H,4,8,15-17H2,1-3H3,(H,26,28)/t22-/m1/s1. The number of nitrogens with one attached hydrogen (secondary N) is 1. The maximum absolute atomic E-state index is 13.3. The quantitative estimate of drug-likeness (QED) is 0.564. The Labute approximate surface area is 178 Å². The molecule has 5 nitrogen and oxygen atoms in total. The summed E-state index contributed by atoms with van der Waals surface area (Å²) < 4.78 is 18.7. The van der Waals surface area contributed by atoms with Crippen molar-refractivity contribution in [2.45, 2.75) is 39.8 Å². The number of nitrogens with zero attached hydrogens (tertiary/aromatic N) is 1. The van der Waals surface area contributed by atoms with E-state index in [1.807, 2.05) is 51.1 Å². The predicted molar refractivity (Wildman–Crippen MR) is 115 cm³/mol. The molecule has 0 heterocycles. The highest BCUT2D eigenvalue weighted by atomic mass is 19.1. The number of amides is 2. The molecular formula is C24H31FN2O3. The molecule has 2 rings (SSSR count). The Morgan fingerprint density at radius 2 is 1.73 bits per heavy atom. The lowest BCUT2D eigenvalue weighted by Gasteiger charge is -2.33. The van der Waals surface area contributed by atoms with Gasteiger partial charge in [-0.15, -0.1) is 0 Å². The zero-order valence-corrected chi connectivity index (χ0v) is 17.9. The van der Waals surface area contributed by atoms with Crippen LogP contribution in [0.4, 0.5) is 4.39 Å². The van der Waals surface area contributed by atoms with Gasteiger partial charge >= 0.3 is 0 Å². The second kappa shape index (κ2) is 12.1. The van der Waals surface area contributed by atoms with Crippen molar-refractivity contribution in [2.24, 2.45) is 5.92 Å². The molecule has 0 aliphatic carbocycles. The van der Waals surface area contributed by atoms with Gasteiger partial charge in [0.2, 0.25) is 11.8 Å². The molecule has 2 aromatic rings. The third-order valence-electron chi connectivity index (χ3n) is 4.69. The largest absolute Gasteiger partial charge is 0.382 e. The number of benzene rings is 2. The highest BCUT2D eigenvalue weighted by Gasteiger charge is 2.32. The van der Waals surface area contributed by atoms with Gasteiger partial charge in [0.05, 0.1) is 0 Å². The molecule has 6 heteroatoms. The van der Waals surface area contributed by atoms with Crippen LogP contribution in [0.25, 0.3) is 0 Å². The van der Waals surface area contributed by atoms with Crippen molar-refractivity contribution in [2.75, 3.05) is 19.8 Å². The Hall–Kier alpha value is -2.73. The van der Waals surface area contributed by atoms with E-state index in [4.69, 9.17) is 4.74 Å². The molecule has 0 radical (unpaired) electrons. The highest BCUT2D eigenvalue weighted by Crippen LogP contribution is 2.25. The predicted octanol–water partition coefficient (Wildman–Crippen LogP) is 4.09. The van der Waals surface area contributed by atoms with Crippen LogP contribution in [0.2, 0.25) is 0 Å². The van der Waals surface area contributed by atoms with Gasteiger partial charge in [-0.25, -0.2) is 4.39 Å². The van der Waals surface area contributed by atoms with Crippen LogP contribution in [-0.2, 0) is 20.9 Å². The molecule has 0 aliphatic heterocycles. The van der Waals surface area contributed by atoms with Crippen molar-refractivity contribution in [3.05, 3.63) is 71.5 Å². The van der Waals surface area contributed by atoms with E-state index in [1.165, 1.54) is 12.1 Å². The first-order valence-electron chi connectivity index (χ1n) is 10.4. The molecule has 1 atom stereocenters. The second-order valence-corrected chi connectivity index (χ2v) is 7.40. The van der Waals surface area contributed by atoms with Crippen molar-refractivity contribution < 1.29 is 18.7 Å². The van der Waals surface area contributed by atoms with Crippen molar-refractivity contribution in [3.8, 4) is 0 Å². The molecule has 0 unspecified atom stereocenters. The fourth-order valence-electron chi connectivity index (χ4n) is 3.15. The number of rotatable bonds is 11. The van der Waals surface area contributed by atoms with Crippen LogP contribution in [0.1, 0.15) is 44.4 Å². The van der Waals surface area contributed by atoms with Crippen molar-refractivity contribution in [3.63, 3.8) is 0 Å². The Bertz CT molecular complexity index is 794. The molecule has 162 valence electrons. The van der Waals surface area contributed by atoms with Gasteiger partial charge in [0.25, 0.3) is 0 Å². The molecular weight excluding hydrogens is 383 g/mol. The second-order valence-electron chi connectivity index (χ2n) is 7.40. The van der Waals surface area contributed by atoms with Crippen molar-refractivity contribution >= 4 is 11.8 Å². The van der Waals surface area contributed by atoms with E-state index in [0.717, 1.165) is 11.1 Å². The number of carbonyl (C=O) groups excluding carboxylic acids is 2. The van der Waals surface area contributed by atoms with Crippen LogP contribution < -0.4 is 5.32 Å². The molecule has 2 amide bonds. The number of carbonyl (C=O) groups is 2. The Kier molecular flexibility index (Phi) is 9.48. The fraction of sp³-hybridized carbons (Fsp3) is 0.417. The minimum atomic E-state index is -0.779. The molecule has 0 spiro atoms. The van der Waals surface area contributed by atoms with Crippen LogP contribution in [0, 0.1) is 11.7 Å². The molecule has 0 aliphatic rings. The Morgan fingerprint density at radius 1 is 1.07 bits per heavy atom. The molecule has 1 N–H and O–H groups in total. The lowest BCUT2D eigenvalue weighted by atomic mass is 10.0. The van der Waals surface area contributed by atoms with Crippen LogP contribution in [0.15, 0.2) is 54.6 Å². The topological polar surface area (TPSA) is 58.6 Å². The summed E-state index contributed by atoms with van der Waals surface area (Å²) in [7, 11) is 0. The maximum Gasteiger partial charge on any atom is 0.247 e. The summed E-state index contributed by atoms with van der Waals surface area (Å²) in [4.78, 5) is 27.9. The van der Waals surface area contributed by atoms with Crippen LogP contribution in [0.3, 0.4) is 0 Å². The average Bonchev–Trinajstić information content (AvgIpc) is 2.74. The summed E-state index contributed by atoms with van der Waals surface area (Å²) in [6.45, 7) is 7.41. The highest BCUT2D eigenvalue weighted by molar-refractivity contribution is 5.89. The summed E-state index contributed by atoms with van der Waals surface area (Å²) in [6.07, 6.45) is 0.692. The minimum absolute atomic E-state index is 0.141. The normalized spacial score (nSPS) is 11.9. The van der Waals surface area contributed by atoms with Gasteiger partial charge in [0, 0.05) is 32.2 Å². The van der Waals surface area contributed by atoms with Crippen molar-refractivity contribution in [1.82, 2.24) is 10.2 Å². The zero-order valence-electron chi connectivity index (χ0n) is 17.9.